The van der Waals surface area contributed by atoms with Crippen LogP contribution in [0.4, 0.5) is 0 Å². The van der Waals surface area contributed by atoms with Crippen LogP contribution < -0.4 is 4.57 Å². The van der Waals surface area contributed by atoms with Crippen molar-refractivity contribution in [1.82, 2.24) is 9.97 Å². The van der Waals surface area contributed by atoms with Gasteiger partial charge in [0.1, 0.15) is 24.4 Å². The number of para-hydroxylation sites is 2. The summed E-state index contributed by atoms with van der Waals surface area (Å²) in [5, 5.41) is 19.7. The van der Waals surface area contributed by atoms with Crippen molar-refractivity contribution in [3.63, 3.8) is 0 Å². The van der Waals surface area contributed by atoms with E-state index >= 15 is 0 Å². The van der Waals surface area contributed by atoms with Gasteiger partial charge < -0.3 is 10.1 Å². The lowest BCUT2D eigenvalue weighted by atomic mass is 10.1. The predicted molar refractivity (Wildman–Crippen MR) is 78.8 cm³/mol. The molecule has 0 saturated heterocycles. The number of hydrogen-bond donors (Lipinski definition) is 2. The number of rotatable bonds is 2. The molecule has 0 aliphatic rings. The van der Waals surface area contributed by atoms with Crippen molar-refractivity contribution < 1.29 is 9.67 Å². The molecule has 0 amide bonds. The van der Waals surface area contributed by atoms with Gasteiger partial charge in [-0.05, 0) is 12.1 Å². The monoisotopic (exact) mass is 277 g/mol. The van der Waals surface area contributed by atoms with Crippen LogP contribution in [0.1, 0.15) is 11.4 Å². The summed E-state index contributed by atoms with van der Waals surface area (Å²) in [6.45, 7) is 0. The van der Waals surface area contributed by atoms with Gasteiger partial charge in [-0.1, -0.05) is 12.1 Å². The van der Waals surface area contributed by atoms with E-state index in [1.165, 1.54) is 0 Å². The maximum Gasteiger partial charge on any atom is 0.169 e. The number of nitriles is 1. The standard InChI is InChI=1S/C16H12N4O/c1-20-8-6-11(7-9-20)15(21)12(10-17)16-18-13-4-2-3-5-14(13)19-16/h2-9,21H,1H3/p+1. The van der Waals surface area contributed by atoms with Crippen LogP contribution in [0.2, 0.25) is 0 Å². The second-order valence-electron chi connectivity index (χ2n) is 4.69. The van der Waals surface area contributed by atoms with Crippen molar-refractivity contribution in [3.05, 3.63) is 60.2 Å². The minimum Gasteiger partial charge on any atom is -0.506 e. The van der Waals surface area contributed by atoms with Crippen molar-refractivity contribution in [3.8, 4) is 6.07 Å². The SMILES string of the molecule is C[n+]1ccc(C(O)=C(C#N)c2nc3ccccc3[nH]2)cc1. The van der Waals surface area contributed by atoms with E-state index in [1.54, 1.807) is 24.5 Å². The van der Waals surface area contributed by atoms with Crippen molar-refractivity contribution in [2.24, 2.45) is 7.05 Å². The smallest absolute Gasteiger partial charge is 0.169 e. The number of fused-ring (bicyclic) bond motifs is 1. The highest BCUT2D eigenvalue weighted by atomic mass is 16.3. The number of nitrogens with zero attached hydrogens (tertiary/aromatic N) is 3. The fourth-order valence-electron chi connectivity index (χ4n) is 2.09. The minimum atomic E-state index is -0.0860. The number of aliphatic hydroxyl groups is 1. The summed E-state index contributed by atoms with van der Waals surface area (Å²) in [6.07, 6.45) is 3.61. The van der Waals surface area contributed by atoms with E-state index in [2.05, 4.69) is 9.97 Å². The van der Waals surface area contributed by atoms with Crippen molar-refractivity contribution in [2.45, 2.75) is 0 Å². The Morgan fingerprint density at radius 3 is 2.62 bits per heavy atom. The maximum atomic E-state index is 10.3. The molecule has 0 spiro atoms. The van der Waals surface area contributed by atoms with Crippen LogP contribution in [-0.2, 0) is 7.05 Å². The van der Waals surface area contributed by atoms with Gasteiger partial charge in [0.15, 0.2) is 18.2 Å². The zero-order chi connectivity index (χ0) is 14.8. The lowest BCUT2D eigenvalue weighted by Gasteiger charge is -2.01. The molecule has 2 heterocycles. The molecule has 3 rings (SSSR count). The molecule has 102 valence electrons. The molecule has 5 heteroatoms. The Kier molecular flexibility index (Phi) is 3.13. The van der Waals surface area contributed by atoms with E-state index in [-0.39, 0.29) is 11.3 Å². The summed E-state index contributed by atoms with van der Waals surface area (Å²) < 4.78 is 1.85. The summed E-state index contributed by atoms with van der Waals surface area (Å²) in [4.78, 5) is 7.40. The fourth-order valence-corrected chi connectivity index (χ4v) is 2.09. The molecule has 3 aromatic rings. The highest BCUT2D eigenvalue weighted by Gasteiger charge is 2.15. The summed E-state index contributed by atoms with van der Waals surface area (Å²) in [5.41, 5.74) is 2.28. The quantitative estimate of drug-likeness (QED) is 0.429. The summed E-state index contributed by atoms with van der Waals surface area (Å²) in [6, 6.07) is 13.0. The highest BCUT2D eigenvalue weighted by molar-refractivity contribution is 5.93. The third-order valence-electron chi connectivity index (χ3n) is 3.23. The first-order valence-corrected chi connectivity index (χ1v) is 6.43. The van der Waals surface area contributed by atoms with E-state index in [9.17, 15) is 10.4 Å². The number of aromatic nitrogens is 3. The van der Waals surface area contributed by atoms with Crippen LogP contribution in [0.25, 0.3) is 22.4 Å². The largest absolute Gasteiger partial charge is 0.506 e. The molecular weight excluding hydrogens is 264 g/mol. The van der Waals surface area contributed by atoms with Crippen molar-refractivity contribution >= 4 is 22.4 Å². The minimum absolute atomic E-state index is 0.0860. The van der Waals surface area contributed by atoms with E-state index in [0.29, 0.717) is 11.4 Å². The number of aromatic amines is 1. The molecule has 0 saturated carbocycles. The zero-order valence-corrected chi connectivity index (χ0v) is 11.4. The van der Waals surface area contributed by atoms with E-state index in [1.807, 2.05) is 41.9 Å². The lowest BCUT2D eigenvalue weighted by Crippen LogP contribution is -2.25. The number of allylic oxidation sites excluding steroid dienone is 1. The Balaban J connectivity index is 2.14. The van der Waals surface area contributed by atoms with Crippen LogP contribution in [0.3, 0.4) is 0 Å². The van der Waals surface area contributed by atoms with Gasteiger partial charge in [-0.2, -0.15) is 5.26 Å². The van der Waals surface area contributed by atoms with Gasteiger partial charge in [0.2, 0.25) is 0 Å². The summed E-state index contributed by atoms with van der Waals surface area (Å²) >= 11 is 0. The van der Waals surface area contributed by atoms with Crippen LogP contribution in [0.5, 0.6) is 0 Å². The molecule has 1 aromatic carbocycles. The zero-order valence-electron chi connectivity index (χ0n) is 11.4. The number of aryl methyl sites for hydroxylation is 1. The molecule has 2 aromatic heterocycles. The van der Waals surface area contributed by atoms with Gasteiger partial charge in [-0.15, -0.1) is 0 Å². The number of imidazole rings is 1. The van der Waals surface area contributed by atoms with E-state index < -0.39 is 0 Å². The Morgan fingerprint density at radius 1 is 1.24 bits per heavy atom. The van der Waals surface area contributed by atoms with Crippen molar-refractivity contribution in [2.75, 3.05) is 0 Å². The van der Waals surface area contributed by atoms with Crippen LogP contribution in [0.15, 0.2) is 48.8 Å². The Bertz CT molecular complexity index is 836. The van der Waals surface area contributed by atoms with Gasteiger partial charge in [-0.3, -0.25) is 0 Å². The Morgan fingerprint density at radius 2 is 1.95 bits per heavy atom. The van der Waals surface area contributed by atoms with Gasteiger partial charge in [0.25, 0.3) is 0 Å². The Labute approximate surface area is 121 Å². The molecule has 0 unspecified atom stereocenters. The topological polar surface area (TPSA) is 76.6 Å². The molecule has 0 radical (unpaired) electrons. The number of H-pyrrole nitrogens is 1. The second-order valence-corrected chi connectivity index (χ2v) is 4.69. The third kappa shape index (κ3) is 2.35. The first-order valence-electron chi connectivity index (χ1n) is 6.43. The molecule has 2 N–H and O–H groups in total. The maximum absolute atomic E-state index is 10.3. The lowest BCUT2D eigenvalue weighted by molar-refractivity contribution is -0.671. The first kappa shape index (κ1) is 12.9. The van der Waals surface area contributed by atoms with Crippen LogP contribution in [-0.4, -0.2) is 15.1 Å². The first-order chi connectivity index (χ1) is 10.2. The molecule has 21 heavy (non-hydrogen) atoms. The molecule has 0 atom stereocenters. The second kappa shape index (κ2) is 5.10. The van der Waals surface area contributed by atoms with E-state index in [4.69, 9.17) is 0 Å². The van der Waals surface area contributed by atoms with Gasteiger partial charge >= 0.3 is 0 Å². The molecule has 0 aliphatic carbocycles. The Hall–Kier alpha value is -3.13. The number of aliphatic hydroxyl groups excluding tert-OH is 1. The molecular formula is C16H13N4O+. The van der Waals surface area contributed by atoms with Crippen molar-refractivity contribution in [1.29, 1.82) is 5.26 Å². The highest BCUT2D eigenvalue weighted by Crippen LogP contribution is 2.23. The predicted octanol–water partition coefficient (Wildman–Crippen LogP) is 2.34. The molecule has 0 bridgehead atoms. The fraction of sp³-hybridized carbons (Fsp3) is 0.0625. The third-order valence-corrected chi connectivity index (χ3v) is 3.23. The van der Waals surface area contributed by atoms with E-state index in [0.717, 1.165) is 11.0 Å². The van der Waals surface area contributed by atoms with Gasteiger partial charge in [-0.25, -0.2) is 9.55 Å². The summed E-state index contributed by atoms with van der Waals surface area (Å²) in [5.74, 6) is 0.279. The molecule has 5 nitrogen and oxygen atoms in total. The number of nitrogens with one attached hydrogen (secondary N) is 1. The van der Waals surface area contributed by atoms with Gasteiger partial charge in [0.05, 0.1) is 11.0 Å². The van der Waals surface area contributed by atoms with Crippen LogP contribution >= 0.6 is 0 Å². The molecule has 0 aliphatic heterocycles. The van der Waals surface area contributed by atoms with Crippen LogP contribution in [0, 0.1) is 11.3 Å². The summed E-state index contributed by atoms with van der Waals surface area (Å²) in [7, 11) is 1.88. The normalized spacial score (nSPS) is 12.0. The molecule has 0 fully saturated rings. The number of benzene rings is 1. The number of pyridine rings is 1. The number of hydrogen-bond acceptors (Lipinski definition) is 3. The van der Waals surface area contributed by atoms with Gasteiger partial charge in [0, 0.05) is 17.7 Å². The average Bonchev–Trinajstić information content (AvgIpc) is 2.92. The average molecular weight is 277 g/mol.